The van der Waals surface area contributed by atoms with Crippen molar-refractivity contribution in [3.8, 4) is 6.07 Å². The van der Waals surface area contributed by atoms with Crippen LogP contribution in [0.4, 0.5) is 0 Å². The molecule has 0 aromatic rings. The number of rotatable bonds is 3. The van der Waals surface area contributed by atoms with Gasteiger partial charge in [-0.05, 0) is 25.7 Å². The number of nitrogens with one attached hydrogen (secondary N) is 1. The fourth-order valence-corrected chi connectivity index (χ4v) is 2.32. The fourth-order valence-electron chi connectivity index (χ4n) is 2.21. The minimum absolute atomic E-state index is 0.197. The summed E-state index contributed by atoms with van der Waals surface area (Å²) >= 11 is 10.9. The highest BCUT2D eigenvalue weighted by molar-refractivity contribution is 6.53. The first kappa shape index (κ1) is 13.6. The van der Waals surface area contributed by atoms with Gasteiger partial charge in [0.15, 0.2) is 4.84 Å². The van der Waals surface area contributed by atoms with Gasteiger partial charge in [-0.25, -0.2) is 0 Å². The van der Waals surface area contributed by atoms with E-state index >= 15 is 0 Å². The Morgan fingerprint density at radius 1 is 1.44 bits per heavy atom. The molecule has 0 bridgehead atoms. The molecule has 16 heavy (non-hydrogen) atoms. The molecule has 0 heterocycles. The standard InChI is InChI=1S/C11H16Cl2N2O/c1-11(7-14,15-10(16)9(12)13)8-5-3-2-4-6-8/h8-9H,2-6H2,1H3,(H,15,16). The minimum Gasteiger partial charge on any atom is -0.335 e. The number of nitriles is 1. The number of nitrogens with zero attached hydrogens (tertiary/aromatic N) is 1. The topological polar surface area (TPSA) is 52.9 Å². The molecule has 1 fully saturated rings. The lowest BCUT2D eigenvalue weighted by Crippen LogP contribution is -2.52. The molecule has 3 nitrogen and oxygen atoms in total. The zero-order valence-corrected chi connectivity index (χ0v) is 10.8. The summed E-state index contributed by atoms with van der Waals surface area (Å²) in [6.07, 6.45) is 5.38. The minimum atomic E-state index is -1.11. The van der Waals surface area contributed by atoms with Crippen LogP contribution in [0, 0.1) is 17.2 Å². The molecule has 5 heteroatoms. The normalized spacial score (nSPS) is 21.2. The van der Waals surface area contributed by atoms with Crippen molar-refractivity contribution in [3.05, 3.63) is 0 Å². The SMILES string of the molecule is CC(C#N)(NC(=O)C(Cl)Cl)C1CCCCC1. The van der Waals surface area contributed by atoms with Crippen LogP contribution in [0.15, 0.2) is 0 Å². The number of alkyl halides is 2. The third-order valence-electron chi connectivity index (χ3n) is 3.23. The number of amides is 1. The van der Waals surface area contributed by atoms with Crippen molar-refractivity contribution in [1.82, 2.24) is 5.32 Å². The van der Waals surface area contributed by atoms with Gasteiger partial charge in [-0.3, -0.25) is 4.79 Å². The van der Waals surface area contributed by atoms with Gasteiger partial charge in [-0.1, -0.05) is 42.5 Å². The molecule has 1 amide bonds. The Morgan fingerprint density at radius 2 is 2.00 bits per heavy atom. The highest BCUT2D eigenvalue weighted by Crippen LogP contribution is 2.32. The lowest BCUT2D eigenvalue weighted by Gasteiger charge is -2.35. The second-order valence-corrected chi connectivity index (χ2v) is 5.54. The maximum absolute atomic E-state index is 11.4. The van der Waals surface area contributed by atoms with E-state index < -0.39 is 16.3 Å². The lowest BCUT2D eigenvalue weighted by atomic mass is 9.76. The molecule has 1 N–H and O–H groups in total. The molecule has 0 saturated heterocycles. The van der Waals surface area contributed by atoms with E-state index in [9.17, 15) is 10.1 Å². The first-order valence-corrected chi connectivity index (χ1v) is 6.38. The Morgan fingerprint density at radius 3 is 2.44 bits per heavy atom. The van der Waals surface area contributed by atoms with Gasteiger partial charge in [0.1, 0.15) is 5.54 Å². The Balaban J connectivity index is 2.69. The van der Waals surface area contributed by atoms with Gasteiger partial charge in [0, 0.05) is 0 Å². The van der Waals surface area contributed by atoms with Crippen LogP contribution >= 0.6 is 23.2 Å². The Kier molecular flexibility index (Phi) is 4.89. The van der Waals surface area contributed by atoms with Crippen LogP contribution in [-0.4, -0.2) is 16.3 Å². The summed E-state index contributed by atoms with van der Waals surface area (Å²) in [4.78, 5) is 10.3. The number of carbonyl (C=O) groups excluding carboxylic acids is 1. The summed E-state index contributed by atoms with van der Waals surface area (Å²) in [5.74, 6) is -0.291. The first-order valence-electron chi connectivity index (χ1n) is 5.51. The monoisotopic (exact) mass is 262 g/mol. The smallest absolute Gasteiger partial charge is 0.254 e. The number of hydrogen-bond donors (Lipinski definition) is 1. The molecule has 0 aromatic carbocycles. The quantitative estimate of drug-likeness (QED) is 0.796. The molecular formula is C11H16Cl2N2O. The van der Waals surface area contributed by atoms with Gasteiger partial charge in [-0.2, -0.15) is 5.26 Å². The van der Waals surface area contributed by atoms with Crippen LogP contribution in [0.25, 0.3) is 0 Å². The van der Waals surface area contributed by atoms with Crippen LogP contribution in [0.1, 0.15) is 39.0 Å². The third-order valence-corrected chi connectivity index (χ3v) is 3.63. The molecule has 90 valence electrons. The molecule has 0 spiro atoms. The van der Waals surface area contributed by atoms with Gasteiger partial charge in [0.2, 0.25) is 0 Å². The predicted octanol–water partition coefficient (Wildman–Crippen LogP) is 2.77. The fraction of sp³-hybridized carbons (Fsp3) is 0.818. The number of halogens is 2. The summed E-state index contributed by atoms with van der Waals surface area (Å²) < 4.78 is 0. The van der Waals surface area contributed by atoms with Gasteiger partial charge in [0.05, 0.1) is 6.07 Å². The number of hydrogen-bond acceptors (Lipinski definition) is 2. The van der Waals surface area contributed by atoms with Crippen LogP contribution in [0.3, 0.4) is 0 Å². The average Bonchev–Trinajstić information content (AvgIpc) is 2.29. The second kappa shape index (κ2) is 5.75. The average molecular weight is 263 g/mol. The zero-order chi connectivity index (χ0) is 12.2. The highest BCUT2D eigenvalue weighted by atomic mass is 35.5. The molecule has 0 aromatic heterocycles. The molecule has 0 radical (unpaired) electrons. The van der Waals surface area contributed by atoms with Crippen molar-refractivity contribution in [2.75, 3.05) is 0 Å². The molecule has 1 aliphatic rings. The zero-order valence-electron chi connectivity index (χ0n) is 9.30. The maximum Gasteiger partial charge on any atom is 0.254 e. The van der Waals surface area contributed by atoms with Gasteiger partial charge >= 0.3 is 0 Å². The van der Waals surface area contributed by atoms with Crippen molar-refractivity contribution in [2.45, 2.75) is 49.4 Å². The summed E-state index contributed by atoms with van der Waals surface area (Å²) in [7, 11) is 0. The van der Waals surface area contributed by atoms with E-state index in [0.29, 0.717) is 0 Å². The van der Waals surface area contributed by atoms with E-state index in [-0.39, 0.29) is 5.92 Å². The summed E-state index contributed by atoms with van der Waals surface area (Å²) in [5.41, 5.74) is -0.848. The van der Waals surface area contributed by atoms with E-state index in [4.69, 9.17) is 23.2 Å². The van der Waals surface area contributed by atoms with Crippen LogP contribution in [-0.2, 0) is 4.79 Å². The predicted molar refractivity (Wildman–Crippen MR) is 64.2 cm³/mol. The number of carbonyl (C=O) groups is 1. The largest absolute Gasteiger partial charge is 0.335 e. The van der Waals surface area contributed by atoms with E-state index in [0.717, 1.165) is 25.7 Å². The van der Waals surface area contributed by atoms with E-state index in [2.05, 4.69) is 11.4 Å². The van der Waals surface area contributed by atoms with Crippen molar-refractivity contribution in [2.24, 2.45) is 5.92 Å². The highest BCUT2D eigenvalue weighted by Gasteiger charge is 2.37. The molecule has 1 saturated carbocycles. The van der Waals surface area contributed by atoms with Crippen LogP contribution < -0.4 is 5.32 Å². The third kappa shape index (κ3) is 3.26. The first-order chi connectivity index (χ1) is 7.49. The Bertz CT molecular complexity index is 295. The van der Waals surface area contributed by atoms with E-state index in [1.165, 1.54) is 6.42 Å². The van der Waals surface area contributed by atoms with Crippen LogP contribution in [0.2, 0.25) is 0 Å². The van der Waals surface area contributed by atoms with Crippen molar-refractivity contribution < 1.29 is 4.79 Å². The van der Waals surface area contributed by atoms with Crippen molar-refractivity contribution >= 4 is 29.1 Å². The summed E-state index contributed by atoms with van der Waals surface area (Å²) in [6, 6.07) is 2.18. The van der Waals surface area contributed by atoms with Crippen LogP contribution in [0.5, 0.6) is 0 Å². The van der Waals surface area contributed by atoms with Crippen molar-refractivity contribution in [1.29, 1.82) is 5.26 Å². The lowest BCUT2D eigenvalue weighted by molar-refractivity contribution is -0.121. The molecular weight excluding hydrogens is 247 g/mol. The second-order valence-electron chi connectivity index (χ2n) is 4.44. The molecule has 1 atom stereocenters. The van der Waals surface area contributed by atoms with Gasteiger partial charge in [0.25, 0.3) is 5.91 Å². The van der Waals surface area contributed by atoms with E-state index in [1.54, 1.807) is 6.92 Å². The Hall–Kier alpha value is -0.460. The Labute approximate surface area is 106 Å². The van der Waals surface area contributed by atoms with Gasteiger partial charge < -0.3 is 5.32 Å². The van der Waals surface area contributed by atoms with Gasteiger partial charge in [-0.15, -0.1) is 0 Å². The van der Waals surface area contributed by atoms with Crippen molar-refractivity contribution in [3.63, 3.8) is 0 Å². The van der Waals surface area contributed by atoms with E-state index in [1.807, 2.05) is 0 Å². The summed E-state index contributed by atoms with van der Waals surface area (Å²) in [6.45, 7) is 1.75. The molecule has 1 rings (SSSR count). The molecule has 0 aliphatic heterocycles. The maximum atomic E-state index is 11.4. The molecule has 1 aliphatic carbocycles. The summed E-state index contributed by atoms with van der Waals surface area (Å²) in [5, 5.41) is 11.9. The molecule has 1 unspecified atom stereocenters.